The van der Waals surface area contributed by atoms with Crippen molar-refractivity contribution in [2.24, 2.45) is 7.05 Å². The van der Waals surface area contributed by atoms with E-state index in [0.29, 0.717) is 18.1 Å². The van der Waals surface area contributed by atoms with E-state index in [1.807, 2.05) is 39.8 Å². The van der Waals surface area contributed by atoms with Crippen LogP contribution in [0, 0.1) is 0 Å². The molecule has 1 atom stereocenters. The van der Waals surface area contributed by atoms with Gasteiger partial charge in [-0.3, -0.25) is 4.79 Å². The third-order valence-corrected chi connectivity index (χ3v) is 6.08. The highest BCUT2D eigenvalue weighted by Crippen LogP contribution is 2.36. The predicted molar refractivity (Wildman–Crippen MR) is 116 cm³/mol. The number of pyridine rings is 2. The molecule has 2 N–H and O–H groups in total. The maximum atomic E-state index is 12.7. The number of nitrogens with zero attached hydrogens (tertiary/aromatic N) is 2. The van der Waals surface area contributed by atoms with Gasteiger partial charge in [-0.05, 0) is 39.8 Å². The highest BCUT2D eigenvalue weighted by molar-refractivity contribution is 6.62. The highest BCUT2D eigenvalue weighted by Gasteiger charge is 2.51. The Balaban J connectivity index is 1.55. The second-order valence-electron chi connectivity index (χ2n) is 8.86. The first-order chi connectivity index (χ1) is 14.2. The highest BCUT2D eigenvalue weighted by atomic mass is 16.7. The molecule has 160 valence electrons. The van der Waals surface area contributed by atoms with E-state index in [0.717, 1.165) is 24.1 Å². The molecule has 0 saturated carbocycles. The van der Waals surface area contributed by atoms with Crippen molar-refractivity contribution in [3.63, 3.8) is 0 Å². The molecule has 2 aliphatic rings. The Bertz CT molecular complexity index is 952. The molecule has 4 heterocycles. The summed E-state index contributed by atoms with van der Waals surface area (Å²) in [6.45, 7) is 10.3. The molecule has 30 heavy (non-hydrogen) atoms. The Labute approximate surface area is 177 Å². The minimum atomic E-state index is -0.548. The molecule has 0 aromatic carbocycles. The molecule has 0 amide bonds. The summed E-state index contributed by atoms with van der Waals surface area (Å²) in [6, 6.07) is 5.60. The molecule has 9 heteroatoms. The monoisotopic (exact) mass is 412 g/mol. The minimum Gasteiger partial charge on any atom is -0.399 e. The van der Waals surface area contributed by atoms with Gasteiger partial charge in [-0.25, -0.2) is 4.98 Å². The van der Waals surface area contributed by atoms with Gasteiger partial charge in [0, 0.05) is 43.6 Å². The third-order valence-electron chi connectivity index (χ3n) is 6.08. The molecular formula is C21H29BN4O4. The smallest absolute Gasteiger partial charge is 0.399 e. The van der Waals surface area contributed by atoms with Crippen LogP contribution in [0.15, 0.2) is 35.4 Å². The first-order valence-corrected chi connectivity index (χ1v) is 10.3. The standard InChI is InChI=1S/C21H29BN4O4/c1-20(2)21(3,4)30-22(29-20)15-10-16(19(27)26(5)13-15)25-18-7-6-14(11-24-18)17-12-23-8-9-28-17/h6-7,10-11,13,17,23H,8-9,12H2,1-5H3,(H,24,25). The van der Waals surface area contributed by atoms with Gasteiger partial charge in [-0.2, -0.15) is 0 Å². The van der Waals surface area contributed by atoms with Gasteiger partial charge < -0.3 is 29.2 Å². The van der Waals surface area contributed by atoms with Crippen LogP contribution in [0.5, 0.6) is 0 Å². The number of morpholine rings is 1. The van der Waals surface area contributed by atoms with Gasteiger partial charge in [0.15, 0.2) is 0 Å². The number of hydrogen-bond donors (Lipinski definition) is 2. The maximum Gasteiger partial charge on any atom is 0.496 e. The van der Waals surface area contributed by atoms with Crippen molar-refractivity contribution < 1.29 is 14.0 Å². The van der Waals surface area contributed by atoms with Crippen LogP contribution in [0.4, 0.5) is 11.5 Å². The van der Waals surface area contributed by atoms with Crippen LogP contribution in [0.1, 0.15) is 39.4 Å². The van der Waals surface area contributed by atoms with E-state index in [-0.39, 0.29) is 11.7 Å². The summed E-state index contributed by atoms with van der Waals surface area (Å²) >= 11 is 0. The number of nitrogens with one attached hydrogen (secondary N) is 2. The van der Waals surface area contributed by atoms with Crippen molar-refractivity contribution in [2.45, 2.75) is 45.0 Å². The Kier molecular flexibility index (Phi) is 5.48. The fraction of sp³-hybridized carbons (Fsp3) is 0.524. The van der Waals surface area contributed by atoms with E-state index in [1.54, 1.807) is 25.5 Å². The van der Waals surface area contributed by atoms with Crippen molar-refractivity contribution in [3.05, 3.63) is 46.5 Å². The summed E-state index contributed by atoms with van der Waals surface area (Å²) in [7, 11) is 1.17. The maximum absolute atomic E-state index is 12.7. The van der Waals surface area contributed by atoms with Gasteiger partial charge in [-0.1, -0.05) is 6.07 Å². The van der Waals surface area contributed by atoms with Crippen molar-refractivity contribution in [1.29, 1.82) is 0 Å². The van der Waals surface area contributed by atoms with Gasteiger partial charge in [0.2, 0.25) is 0 Å². The first kappa shape index (κ1) is 21.1. The summed E-state index contributed by atoms with van der Waals surface area (Å²) < 4.78 is 19.6. The second kappa shape index (κ2) is 7.81. The number of hydrogen-bond acceptors (Lipinski definition) is 7. The first-order valence-electron chi connectivity index (χ1n) is 10.3. The van der Waals surface area contributed by atoms with Crippen LogP contribution < -0.4 is 21.7 Å². The van der Waals surface area contributed by atoms with Crippen LogP contribution in [0.3, 0.4) is 0 Å². The van der Waals surface area contributed by atoms with Crippen molar-refractivity contribution in [1.82, 2.24) is 14.9 Å². The lowest BCUT2D eigenvalue weighted by atomic mass is 9.80. The molecule has 2 aliphatic heterocycles. The van der Waals surface area contributed by atoms with Gasteiger partial charge >= 0.3 is 7.12 Å². The average molecular weight is 412 g/mol. The fourth-order valence-electron chi connectivity index (χ4n) is 3.52. The zero-order valence-electron chi connectivity index (χ0n) is 18.2. The molecule has 0 spiro atoms. The van der Waals surface area contributed by atoms with Gasteiger partial charge in [0.05, 0.1) is 23.9 Å². The van der Waals surface area contributed by atoms with E-state index in [4.69, 9.17) is 14.0 Å². The Hall–Kier alpha value is -2.20. The predicted octanol–water partition coefficient (Wildman–Crippen LogP) is 1.48. The molecule has 2 aromatic rings. The largest absolute Gasteiger partial charge is 0.496 e. The number of ether oxygens (including phenoxy) is 1. The Morgan fingerprint density at radius 2 is 1.97 bits per heavy atom. The molecule has 1 unspecified atom stereocenters. The molecule has 8 nitrogen and oxygen atoms in total. The fourth-order valence-corrected chi connectivity index (χ4v) is 3.52. The van der Waals surface area contributed by atoms with E-state index in [1.165, 1.54) is 4.57 Å². The number of rotatable bonds is 4. The Morgan fingerprint density at radius 1 is 1.23 bits per heavy atom. The lowest BCUT2D eigenvalue weighted by molar-refractivity contribution is 0.00578. The number of anilines is 2. The van der Waals surface area contributed by atoms with E-state index >= 15 is 0 Å². The molecular weight excluding hydrogens is 383 g/mol. The minimum absolute atomic E-state index is 0.000120. The van der Waals surface area contributed by atoms with E-state index < -0.39 is 18.3 Å². The van der Waals surface area contributed by atoms with Gasteiger partial charge in [-0.15, -0.1) is 0 Å². The summed E-state index contributed by atoms with van der Waals surface area (Å²) in [6.07, 6.45) is 3.53. The summed E-state index contributed by atoms with van der Waals surface area (Å²) in [5, 5.41) is 6.45. The van der Waals surface area contributed by atoms with E-state index in [2.05, 4.69) is 15.6 Å². The zero-order chi connectivity index (χ0) is 21.5. The lowest BCUT2D eigenvalue weighted by Gasteiger charge is -2.32. The average Bonchev–Trinajstić information content (AvgIpc) is 2.94. The zero-order valence-corrected chi connectivity index (χ0v) is 18.2. The van der Waals surface area contributed by atoms with Crippen molar-refractivity contribution in [3.8, 4) is 0 Å². The molecule has 0 radical (unpaired) electrons. The molecule has 0 aliphatic carbocycles. The van der Waals surface area contributed by atoms with Crippen LogP contribution >= 0.6 is 0 Å². The van der Waals surface area contributed by atoms with Crippen LogP contribution in [0.25, 0.3) is 0 Å². The summed E-state index contributed by atoms with van der Waals surface area (Å²) in [4.78, 5) is 17.1. The van der Waals surface area contributed by atoms with Crippen LogP contribution in [-0.4, -0.2) is 47.6 Å². The topological polar surface area (TPSA) is 86.6 Å². The number of aromatic nitrogens is 2. The molecule has 2 aromatic heterocycles. The Morgan fingerprint density at radius 3 is 2.57 bits per heavy atom. The third kappa shape index (κ3) is 4.03. The molecule has 0 bridgehead atoms. The summed E-state index contributed by atoms with van der Waals surface area (Å²) in [5.74, 6) is 0.589. The van der Waals surface area contributed by atoms with Crippen LogP contribution in [0.2, 0.25) is 0 Å². The summed E-state index contributed by atoms with van der Waals surface area (Å²) in [5.41, 5.74) is 1.14. The van der Waals surface area contributed by atoms with Gasteiger partial charge in [0.25, 0.3) is 5.56 Å². The molecule has 2 fully saturated rings. The van der Waals surface area contributed by atoms with Crippen molar-refractivity contribution >= 4 is 24.1 Å². The van der Waals surface area contributed by atoms with Gasteiger partial charge in [0.1, 0.15) is 11.5 Å². The van der Waals surface area contributed by atoms with E-state index in [9.17, 15) is 4.79 Å². The number of aryl methyl sites for hydroxylation is 1. The lowest BCUT2D eigenvalue weighted by Crippen LogP contribution is -2.41. The quantitative estimate of drug-likeness (QED) is 0.736. The van der Waals surface area contributed by atoms with Crippen LogP contribution in [-0.2, 0) is 21.1 Å². The van der Waals surface area contributed by atoms with Crippen molar-refractivity contribution in [2.75, 3.05) is 25.0 Å². The molecule has 2 saturated heterocycles. The molecule has 4 rings (SSSR count). The second-order valence-corrected chi connectivity index (χ2v) is 8.86. The normalized spacial score (nSPS) is 22.8. The SMILES string of the molecule is Cn1cc(B2OC(C)(C)C(C)(C)O2)cc(Nc2ccc(C3CNCCO3)cn2)c1=O.